The summed E-state index contributed by atoms with van der Waals surface area (Å²) >= 11 is 2.96. The van der Waals surface area contributed by atoms with Crippen molar-refractivity contribution in [3.05, 3.63) is 28.5 Å². The molecule has 1 aromatic carbocycles. The zero-order valence-electron chi connectivity index (χ0n) is 11.9. The Kier molecular flexibility index (Phi) is 5.51. The molecular weight excluding hydrogens is 365 g/mol. The van der Waals surface area contributed by atoms with Crippen LogP contribution in [0.4, 0.5) is 4.39 Å². The fourth-order valence-electron chi connectivity index (χ4n) is 1.78. The first kappa shape index (κ1) is 18.1. The quantitative estimate of drug-likeness (QED) is 0.850. The first-order chi connectivity index (χ1) is 9.46. The average molecular weight is 382 g/mol. The van der Waals surface area contributed by atoms with Crippen molar-refractivity contribution in [2.75, 3.05) is 6.54 Å². The first-order valence-corrected chi connectivity index (χ1v) is 8.39. The molecule has 0 spiro atoms. The number of aliphatic carboxylic acids is 1. The van der Waals surface area contributed by atoms with Crippen molar-refractivity contribution in [1.29, 1.82) is 0 Å². The van der Waals surface area contributed by atoms with Gasteiger partial charge in [-0.25, -0.2) is 12.8 Å². The van der Waals surface area contributed by atoms with E-state index < -0.39 is 27.3 Å². The second kappa shape index (κ2) is 6.41. The van der Waals surface area contributed by atoms with E-state index >= 15 is 0 Å². The van der Waals surface area contributed by atoms with Crippen molar-refractivity contribution in [3.63, 3.8) is 0 Å². The van der Waals surface area contributed by atoms with Gasteiger partial charge in [-0.2, -0.15) is 4.31 Å². The molecule has 0 amide bonds. The molecule has 5 nitrogen and oxygen atoms in total. The van der Waals surface area contributed by atoms with E-state index in [2.05, 4.69) is 15.9 Å². The monoisotopic (exact) mass is 381 g/mol. The third-order valence-corrected chi connectivity index (χ3v) is 5.56. The number of hydrogen-bond acceptors (Lipinski definition) is 3. The third-order valence-electron chi connectivity index (χ3n) is 2.76. The van der Waals surface area contributed by atoms with Gasteiger partial charge in [0.2, 0.25) is 10.0 Å². The van der Waals surface area contributed by atoms with E-state index in [1.165, 1.54) is 12.1 Å². The van der Waals surface area contributed by atoms with E-state index in [4.69, 9.17) is 5.11 Å². The molecule has 0 aliphatic carbocycles. The molecule has 0 saturated heterocycles. The predicted molar refractivity (Wildman–Crippen MR) is 80.0 cm³/mol. The molecule has 118 valence electrons. The summed E-state index contributed by atoms with van der Waals surface area (Å²) in [6, 6.07) is 3.50. The molecule has 0 aliphatic heterocycles. The van der Waals surface area contributed by atoms with E-state index in [0.717, 1.165) is 10.4 Å². The summed E-state index contributed by atoms with van der Waals surface area (Å²) in [5, 5.41) is 8.76. The Morgan fingerprint density at radius 1 is 1.38 bits per heavy atom. The Balaban J connectivity index is 3.26. The van der Waals surface area contributed by atoms with Crippen molar-refractivity contribution in [2.24, 2.45) is 0 Å². The van der Waals surface area contributed by atoms with Crippen LogP contribution in [0.3, 0.4) is 0 Å². The molecule has 0 unspecified atom stereocenters. The Morgan fingerprint density at radius 3 is 2.38 bits per heavy atom. The molecule has 1 aromatic rings. The van der Waals surface area contributed by atoms with E-state index in [1.54, 1.807) is 20.8 Å². The van der Waals surface area contributed by atoms with E-state index in [9.17, 15) is 17.6 Å². The molecule has 0 bridgehead atoms. The second-order valence-electron chi connectivity index (χ2n) is 5.47. The van der Waals surface area contributed by atoms with E-state index in [-0.39, 0.29) is 22.3 Å². The van der Waals surface area contributed by atoms with Gasteiger partial charge in [-0.3, -0.25) is 4.79 Å². The van der Waals surface area contributed by atoms with Gasteiger partial charge in [0.25, 0.3) is 0 Å². The number of carbonyl (C=O) groups is 1. The van der Waals surface area contributed by atoms with E-state index in [0.29, 0.717) is 0 Å². The summed E-state index contributed by atoms with van der Waals surface area (Å²) in [7, 11) is -3.98. The van der Waals surface area contributed by atoms with Crippen LogP contribution < -0.4 is 0 Å². The zero-order chi connectivity index (χ0) is 16.4. The Hall–Kier alpha value is -0.990. The fraction of sp³-hybridized carbons (Fsp3) is 0.462. The molecule has 0 radical (unpaired) electrons. The van der Waals surface area contributed by atoms with Crippen LogP contribution in [0, 0.1) is 5.82 Å². The summed E-state index contributed by atoms with van der Waals surface area (Å²) in [5.74, 6) is -1.79. The van der Waals surface area contributed by atoms with Crippen LogP contribution in [0.1, 0.15) is 27.2 Å². The third kappa shape index (κ3) is 4.49. The summed E-state index contributed by atoms with van der Waals surface area (Å²) in [4.78, 5) is 10.5. The molecule has 0 aliphatic rings. The number of sulfonamides is 1. The van der Waals surface area contributed by atoms with Crippen LogP contribution >= 0.6 is 15.9 Å². The maximum absolute atomic E-state index is 13.6. The SMILES string of the molecule is CC(C)(C)N(CCC(=O)O)S(=O)(=O)c1ccc(Br)c(F)c1. The number of halogens is 2. The Morgan fingerprint density at radius 2 is 1.95 bits per heavy atom. The fourth-order valence-corrected chi connectivity index (χ4v) is 3.82. The predicted octanol–water partition coefficient (Wildman–Crippen LogP) is 2.85. The minimum absolute atomic E-state index is 0.161. The second-order valence-corrected chi connectivity index (χ2v) is 8.18. The lowest BCUT2D eigenvalue weighted by Gasteiger charge is -2.34. The average Bonchev–Trinajstić information content (AvgIpc) is 2.30. The molecule has 0 aromatic heterocycles. The van der Waals surface area contributed by atoms with Crippen LogP contribution in [0.2, 0.25) is 0 Å². The van der Waals surface area contributed by atoms with Gasteiger partial charge in [0, 0.05) is 12.1 Å². The van der Waals surface area contributed by atoms with Gasteiger partial charge in [0.15, 0.2) is 0 Å². The molecule has 1 N–H and O–H groups in total. The van der Waals surface area contributed by atoms with Crippen molar-refractivity contribution in [1.82, 2.24) is 4.31 Å². The molecule has 0 atom stereocenters. The van der Waals surface area contributed by atoms with Crippen LogP contribution in [0.25, 0.3) is 0 Å². The molecule has 1 rings (SSSR count). The van der Waals surface area contributed by atoms with Gasteiger partial charge >= 0.3 is 5.97 Å². The minimum Gasteiger partial charge on any atom is -0.481 e. The number of carboxylic acids is 1. The topological polar surface area (TPSA) is 74.7 Å². The zero-order valence-corrected chi connectivity index (χ0v) is 14.3. The summed E-state index contributed by atoms with van der Waals surface area (Å²) < 4.78 is 40.0. The summed E-state index contributed by atoms with van der Waals surface area (Å²) in [6.07, 6.45) is -0.324. The maximum atomic E-state index is 13.6. The van der Waals surface area contributed by atoms with Crippen LogP contribution in [0.15, 0.2) is 27.6 Å². The summed E-state index contributed by atoms with van der Waals surface area (Å²) in [5.41, 5.74) is -0.822. The molecule has 0 saturated carbocycles. The lowest BCUT2D eigenvalue weighted by atomic mass is 10.1. The van der Waals surface area contributed by atoms with Crippen molar-refractivity contribution < 1.29 is 22.7 Å². The van der Waals surface area contributed by atoms with Crippen LogP contribution in [-0.2, 0) is 14.8 Å². The molecule has 21 heavy (non-hydrogen) atoms. The molecule has 0 fully saturated rings. The van der Waals surface area contributed by atoms with E-state index in [1.807, 2.05) is 0 Å². The highest BCUT2D eigenvalue weighted by Gasteiger charge is 2.34. The number of carboxylic acid groups (broad SMARTS) is 1. The molecule has 8 heteroatoms. The highest BCUT2D eigenvalue weighted by molar-refractivity contribution is 9.10. The molecular formula is C13H17BrFNO4S. The van der Waals surface area contributed by atoms with Crippen molar-refractivity contribution >= 4 is 31.9 Å². The van der Waals surface area contributed by atoms with Crippen molar-refractivity contribution in [2.45, 2.75) is 37.6 Å². The summed E-state index contributed by atoms with van der Waals surface area (Å²) in [6.45, 7) is 4.78. The van der Waals surface area contributed by atoms with Gasteiger partial charge in [0.1, 0.15) is 5.82 Å². The Bertz CT molecular complexity index is 640. The Labute approximate surface area is 131 Å². The van der Waals surface area contributed by atoms with Gasteiger partial charge in [-0.15, -0.1) is 0 Å². The highest BCUT2D eigenvalue weighted by Crippen LogP contribution is 2.27. The standard InChI is InChI=1S/C13H17BrFNO4S/c1-13(2,3)16(7-6-12(17)18)21(19,20)9-4-5-10(14)11(15)8-9/h4-5,8H,6-7H2,1-3H3,(H,17,18). The van der Waals surface area contributed by atoms with Crippen LogP contribution in [0.5, 0.6) is 0 Å². The van der Waals surface area contributed by atoms with Gasteiger partial charge in [-0.05, 0) is 54.9 Å². The number of nitrogens with zero attached hydrogens (tertiary/aromatic N) is 1. The number of hydrogen-bond donors (Lipinski definition) is 1. The smallest absolute Gasteiger partial charge is 0.304 e. The highest BCUT2D eigenvalue weighted by atomic mass is 79.9. The van der Waals surface area contributed by atoms with Crippen LogP contribution in [-0.4, -0.2) is 35.9 Å². The van der Waals surface area contributed by atoms with Gasteiger partial charge in [0.05, 0.1) is 15.8 Å². The van der Waals surface area contributed by atoms with Gasteiger partial charge in [-0.1, -0.05) is 0 Å². The van der Waals surface area contributed by atoms with Crippen molar-refractivity contribution in [3.8, 4) is 0 Å². The number of rotatable bonds is 5. The van der Waals surface area contributed by atoms with Gasteiger partial charge < -0.3 is 5.11 Å². The largest absolute Gasteiger partial charge is 0.481 e. The normalized spacial score (nSPS) is 12.7. The minimum atomic E-state index is -3.98. The molecule has 0 heterocycles. The number of benzene rings is 1. The lowest BCUT2D eigenvalue weighted by Crippen LogP contribution is -2.46. The first-order valence-electron chi connectivity index (χ1n) is 6.16. The maximum Gasteiger partial charge on any atom is 0.304 e. The lowest BCUT2D eigenvalue weighted by molar-refractivity contribution is -0.137.